The van der Waals surface area contributed by atoms with Crippen LogP contribution in [0.1, 0.15) is 20.8 Å². The molecule has 3 rings (SSSR count). The summed E-state index contributed by atoms with van der Waals surface area (Å²) in [4.78, 5) is 23.8. The van der Waals surface area contributed by atoms with Crippen molar-refractivity contribution < 1.29 is 19.1 Å². The van der Waals surface area contributed by atoms with E-state index in [1.807, 2.05) is 38.1 Å². The zero-order chi connectivity index (χ0) is 24.0. The van der Waals surface area contributed by atoms with Gasteiger partial charge in [-0.2, -0.15) is 0 Å². The number of carbonyl (C=O) groups is 2. The quantitative estimate of drug-likeness (QED) is 0.321. The van der Waals surface area contributed by atoms with Gasteiger partial charge in [0.05, 0.1) is 24.7 Å². The van der Waals surface area contributed by atoms with Gasteiger partial charge >= 0.3 is 0 Å². The number of rotatable bonds is 9. The molecule has 0 radical (unpaired) electrons. The first-order valence-corrected chi connectivity index (χ1v) is 11.1. The lowest BCUT2D eigenvalue weighted by molar-refractivity contribution is -0.114. The van der Waals surface area contributed by atoms with Crippen molar-refractivity contribution in [3.63, 3.8) is 0 Å². The van der Waals surface area contributed by atoms with Crippen molar-refractivity contribution in [2.45, 2.75) is 32.0 Å². The molecule has 4 N–H and O–H groups in total. The number of aromatic nitrogens is 3. The van der Waals surface area contributed by atoms with E-state index in [4.69, 9.17) is 15.3 Å². The normalized spacial score (nSPS) is 10.7. The third-order valence-corrected chi connectivity index (χ3v) is 5.20. The molecule has 2 amide bonds. The Bertz CT molecular complexity index is 1150. The minimum Gasteiger partial charge on any atom is -0.495 e. The summed E-state index contributed by atoms with van der Waals surface area (Å²) in [6, 6.07) is 12.4. The molecule has 0 saturated carbocycles. The maximum absolute atomic E-state index is 12.5. The van der Waals surface area contributed by atoms with Crippen LogP contribution in [-0.4, -0.2) is 45.7 Å². The smallest absolute Gasteiger partial charge is 0.234 e. The summed E-state index contributed by atoms with van der Waals surface area (Å²) in [6.45, 7) is 5.30. The molecule has 10 nitrogen and oxygen atoms in total. The highest BCUT2D eigenvalue weighted by molar-refractivity contribution is 7.99. The van der Waals surface area contributed by atoms with Gasteiger partial charge in [-0.3, -0.25) is 9.59 Å². The van der Waals surface area contributed by atoms with Crippen LogP contribution in [0.15, 0.2) is 47.6 Å². The van der Waals surface area contributed by atoms with Crippen molar-refractivity contribution in [3.8, 4) is 22.9 Å². The average molecular weight is 471 g/mol. The number of nitrogens with two attached hydrogens (primary N) is 1. The molecule has 0 unspecified atom stereocenters. The SMILES string of the molecule is COc1ccc(NC(C)=O)cc1NC(=O)CSc1nnc(-c2cccc(OC(C)C)c2)n1N. The molecular formula is C22H26N6O4S. The highest BCUT2D eigenvalue weighted by Gasteiger charge is 2.16. The molecule has 0 saturated heterocycles. The molecule has 33 heavy (non-hydrogen) atoms. The summed E-state index contributed by atoms with van der Waals surface area (Å²) in [7, 11) is 1.50. The number of hydrogen-bond acceptors (Lipinski definition) is 8. The fourth-order valence-electron chi connectivity index (χ4n) is 2.96. The zero-order valence-corrected chi connectivity index (χ0v) is 19.6. The number of benzene rings is 2. The van der Waals surface area contributed by atoms with Gasteiger partial charge in [0, 0.05) is 18.2 Å². The van der Waals surface area contributed by atoms with Gasteiger partial charge in [0.15, 0.2) is 5.82 Å². The van der Waals surface area contributed by atoms with E-state index in [1.165, 1.54) is 18.7 Å². The fourth-order valence-corrected chi connectivity index (χ4v) is 3.61. The number of nitrogens with zero attached hydrogens (tertiary/aromatic N) is 3. The Morgan fingerprint density at radius 3 is 2.64 bits per heavy atom. The molecule has 3 aromatic rings. The summed E-state index contributed by atoms with van der Waals surface area (Å²) in [5.74, 6) is 7.33. The third kappa shape index (κ3) is 6.39. The number of anilines is 2. The van der Waals surface area contributed by atoms with Crippen LogP contribution in [0.2, 0.25) is 0 Å². The first kappa shape index (κ1) is 23.9. The average Bonchev–Trinajstić information content (AvgIpc) is 3.12. The number of ether oxygens (including phenoxy) is 2. The van der Waals surface area contributed by atoms with Crippen LogP contribution in [0.5, 0.6) is 11.5 Å². The van der Waals surface area contributed by atoms with Gasteiger partial charge in [0.1, 0.15) is 11.5 Å². The Morgan fingerprint density at radius 2 is 1.94 bits per heavy atom. The number of amides is 2. The summed E-state index contributed by atoms with van der Waals surface area (Å²) in [5.41, 5.74) is 1.73. The highest BCUT2D eigenvalue weighted by Crippen LogP contribution is 2.29. The molecule has 1 heterocycles. The van der Waals surface area contributed by atoms with E-state index < -0.39 is 0 Å². The van der Waals surface area contributed by atoms with Gasteiger partial charge in [0.25, 0.3) is 0 Å². The van der Waals surface area contributed by atoms with Crippen molar-refractivity contribution in [1.29, 1.82) is 0 Å². The molecule has 0 aliphatic carbocycles. The Morgan fingerprint density at radius 1 is 1.15 bits per heavy atom. The molecule has 0 atom stereocenters. The Hall–Kier alpha value is -3.73. The standard InChI is InChI=1S/C22H26N6O4S/c1-13(2)32-17-7-5-6-15(10-17)21-26-27-22(28(21)23)33-12-20(30)25-18-11-16(24-14(3)29)8-9-19(18)31-4/h5-11,13H,12,23H2,1-4H3,(H,24,29)(H,25,30). The van der Waals surface area contributed by atoms with Gasteiger partial charge < -0.3 is 25.9 Å². The second-order valence-electron chi connectivity index (χ2n) is 7.30. The summed E-state index contributed by atoms with van der Waals surface area (Å²) in [5, 5.41) is 14.1. The van der Waals surface area contributed by atoms with Crippen LogP contribution < -0.4 is 25.9 Å². The van der Waals surface area contributed by atoms with E-state index in [0.29, 0.717) is 33.9 Å². The second-order valence-corrected chi connectivity index (χ2v) is 8.25. The number of nitrogen functional groups attached to an aromatic ring is 1. The van der Waals surface area contributed by atoms with Gasteiger partial charge in [-0.05, 0) is 44.2 Å². The number of thioether (sulfide) groups is 1. The van der Waals surface area contributed by atoms with Crippen molar-refractivity contribution in [1.82, 2.24) is 14.9 Å². The van der Waals surface area contributed by atoms with E-state index in [-0.39, 0.29) is 23.7 Å². The maximum atomic E-state index is 12.5. The number of methoxy groups -OCH3 is 1. The summed E-state index contributed by atoms with van der Waals surface area (Å²) >= 11 is 1.14. The highest BCUT2D eigenvalue weighted by atomic mass is 32.2. The van der Waals surface area contributed by atoms with Crippen molar-refractivity contribution in [3.05, 3.63) is 42.5 Å². The molecule has 1 aromatic heterocycles. The number of hydrogen-bond donors (Lipinski definition) is 3. The van der Waals surface area contributed by atoms with Gasteiger partial charge in [0.2, 0.25) is 17.0 Å². The first-order valence-electron chi connectivity index (χ1n) is 10.1. The lowest BCUT2D eigenvalue weighted by Gasteiger charge is -2.12. The fraction of sp³-hybridized carbons (Fsp3) is 0.273. The first-order chi connectivity index (χ1) is 15.8. The van der Waals surface area contributed by atoms with E-state index in [2.05, 4.69) is 20.8 Å². The maximum Gasteiger partial charge on any atom is 0.234 e. The molecule has 0 bridgehead atoms. The van der Waals surface area contributed by atoms with Crippen LogP contribution in [-0.2, 0) is 9.59 Å². The Kier molecular flexibility index (Phi) is 7.78. The van der Waals surface area contributed by atoms with Crippen LogP contribution in [0.25, 0.3) is 11.4 Å². The van der Waals surface area contributed by atoms with E-state index in [1.54, 1.807) is 18.2 Å². The van der Waals surface area contributed by atoms with Crippen molar-refractivity contribution in [2.24, 2.45) is 0 Å². The molecule has 0 fully saturated rings. The molecule has 0 spiro atoms. The van der Waals surface area contributed by atoms with Crippen LogP contribution >= 0.6 is 11.8 Å². The van der Waals surface area contributed by atoms with Crippen LogP contribution in [0.3, 0.4) is 0 Å². The predicted octanol–water partition coefficient (Wildman–Crippen LogP) is 3.14. The van der Waals surface area contributed by atoms with Gasteiger partial charge in [-0.25, -0.2) is 4.68 Å². The summed E-state index contributed by atoms with van der Waals surface area (Å²) < 4.78 is 12.3. The Labute approximate surface area is 195 Å². The van der Waals surface area contributed by atoms with Crippen LogP contribution in [0, 0.1) is 0 Å². The van der Waals surface area contributed by atoms with Crippen LogP contribution in [0.4, 0.5) is 11.4 Å². The van der Waals surface area contributed by atoms with E-state index >= 15 is 0 Å². The summed E-state index contributed by atoms with van der Waals surface area (Å²) in [6.07, 6.45) is 0.0400. The number of carbonyl (C=O) groups excluding carboxylic acids is 2. The molecule has 11 heteroatoms. The third-order valence-electron chi connectivity index (χ3n) is 4.25. The Balaban J connectivity index is 1.67. The molecule has 2 aromatic carbocycles. The van der Waals surface area contributed by atoms with E-state index in [9.17, 15) is 9.59 Å². The van der Waals surface area contributed by atoms with Gasteiger partial charge in [-0.15, -0.1) is 10.2 Å². The number of nitrogens with one attached hydrogen (secondary N) is 2. The minimum atomic E-state index is -0.296. The predicted molar refractivity (Wildman–Crippen MR) is 128 cm³/mol. The minimum absolute atomic E-state index is 0.0400. The topological polar surface area (TPSA) is 133 Å². The second kappa shape index (κ2) is 10.7. The molecule has 0 aliphatic rings. The lowest BCUT2D eigenvalue weighted by atomic mass is 10.2. The molecule has 174 valence electrons. The molecular weight excluding hydrogens is 444 g/mol. The van der Waals surface area contributed by atoms with E-state index in [0.717, 1.165) is 17.3 Å². The molecule has 0 aliphatic heterocycles. The van der Waals surface area contributed by atoms with Crippen molar-refractivity contribution in [2.75, 3.05) is 29.3 Å². The van der Waals surface area contributed by atoms with Crippen molar-refractivity contribution >= 4 is 35.0 Å². The largest absolute Gasteiger partial charge is 0.495 e. The monoisotopic (exact) mass is 470 g/mol. The zero-order valence-electron chi connectivity index (χ0n) is 18.8. The van der Waals surface area contributed by atoms with Gasteiger partial charge in [-0.1, -0.05) is 23.9 Å². The lowest BCUT2D eigenvalue weighted by Crippen LogP contribution is -2.17.